The molecule has 0 N–H and O–H groups in total. The van der Waals surface area contributed by atoms with Crippen molar-refractivity contribution in [3.63, 3.8) is 0 Å². The van der Waals surface area contributed by atoms with Crippen LogP contribution in [0.15, 0.2) is 84.9 Å². The van der Waals surface area contributed by atoms with Crippen LogP contribution in [0.1, 0.15) is 133 Å². The Balaban J connectivity index is 1.11. The molecule has 6 aromatic rings. The van der Waals surface area contributed by atoms with Gasteiger partial charge in [0, 0.05) is 43.5 Å². The molecule has 11 rings (SSSR count). The van der Waals surface area contributed by atoms with E-state index in [0.29, 0.717) is 95.1 Å². The summed E-state index contributed by atoms with van der Waals surface area (Å²) in [4.78, 5) is 35.9. The lowest BCUT2D eigenvalue weighted by molar-refractivity contribution is -0.0665. The number of halogens is 2. The maximum Gasteiger partial charge on any atom is 0.411 e. The van der Waals surface area contributed by atoms with E-state index in [0.717, 1.165) is 49.0 Å². The zero-order valence-corrected chi connectivity index (χ0v) is 52.2. The average molecular weight is 1150 g/mol. The number of ether oxygens (including phenoxy) is 4. The minimum absolute atomic E-state index is 0.0422. The Kier molecular flexibility index (Phi) is 15.6. The molecule has 5 aliphatic rings. The van der Waals surface area contributed by atoms with E-state index in [1.165, 1.54) is 6.07 Å². The Labute approximate surface area is 485 Å². The number of morpholine rings is 1. The number of nitrogens with zero attached hydrogens (tertiary/aromatic N) is 7. The van der Waals surface area contributed by atoms with Gasteiger partial charge in [-0.25, -0.2) is 13.6 Å². The van der Waals surface area contributed by atoms with Crippen molar-refractivity contribution in [2.45, 2.75) is 179 Å². The van der Waals surface area contributed by atoms with E-state index in [9.17, 15) is 4.79 Å². The maximum absolute atomic E-state index is 17.2. The molecular formula is C65H83F2N7O6Si2. The Morgan fingerprint density at radius 3 is 2.05 bits per heavy atom. The van der Waals surface area contributed by atoms with Gasteiger partial charge in [0.25, 0.3) is 0 Å². The molecule has 0 radical (unpaired) electrons. The molecule has 6 heterocycles. The average Bonchev–Trinajstić information content (AvgIpc) is 3.94. The third-order valence-corrected chi connectivity index (χ3v) is 29.7. The van der Waals surface area contributed by atoms with Crippen LogP contribution in [0.3, 0.4) is 0 Å². The molecule has 4 aromatic carbocycles. The monoisotopic (exact) mass is 1150 g/mol. The number of anilines is 1. The predicted molar refractivity (Wildman–Crippen MR) is 326 cm³/mol. The van der Waals surface area contributed by atoms with Crippen LogP contribution in [0.25, 0.3) is 21.9 Å². The molecule has 4 aliphatic heterocycles. The van der Waals surface area contributed by atoms with Crippen LogP contribution >= 0.6 is 0 Å². The predicted octanol–water partition coefficient (Wildman–Crippen LogP) is 12.9. The fourth-order valence-electron chi connectivity index (χ4n) is 14.5. The van der Waals surface area contributed by atoms with E-state index in [1.807, 2.05) is 49.9 Å². The highest BCUT2D eigenvalue weighted by molar-refractivity contribution is 7.00. The lowest BCUT2D eigenvalue weighted by atomic mass is 9.93. The Hall–Kier alpha value is -6.07. The van der Waals surface area contributed by atoms with Crippen molar-refractivity contribution in [2.75, 3.05) is 50.9 Å². The Morgan fingerprint density at radius 1 is 0.817 bits per heavy atom. The first-order chi connectivity index (χ1) is 39.0. The number of piperazine rings is 1. The number of carbonyl (C=O) groups is 1. The number of benzene rings is 4. The molecule has 2 unspecified atom stereocenters. The van der Waals surface area contributed by atoms with E-state index in [1.54, 1.807) is 6.07 Å². The summed E-state index contributed by atoms with van der Waals surface area (Å²) in [5.41, 5.74) is 4.94. The van der Waals surface area contributed by atoms with Crippen molar-refractivity contribution in [1.82, 2.24) is 29.3 Å². The molecule has 1 amide bonds. The SMILES string of the molecule is CC(C)[Si](C#Cc1c(F)ccc2cc(O[Si](c3ccccc3)(c3ccccc3)C(C)(C)C)cc(Oc3nc4nc(OC[C@@]56CCCN5C[C@H](F)C6)nc(N5CC6COCC(C5)N6C(=O)OC(C)(C)C)c4n3C3CCC3)c12)(C(C)C)C(C)C. The highest BCUT2D eigenvalue weighted by Gasteiger charge is 2.53. The summed E-state index contributed by atoms with van der Waals surface area (Å²) >= 11 is 0. The Morgan fingerprint density at radius 2 is 1.46 bits per heavy atom. The van der Waals surface area contributed by atoms with Crippen molar-refractivity contribution in [1.29, 1.82) is 0 Å². The van der Waals surface area contributed by atoms with Crippen molar-refractivity contribution in [2.24, 2.45) is 0 Å². The van der Waals surface area contributed by atoms with E-state index < -0.39 is 39.5 Å². The number of aromatic nitrogens is 4. The summed E-state index contributed by atoms with van der Waals surface area (Å²) < 4.78 is 68.5. The highest BCUT2D eigenvalue weighted by Crippen LogP contribution is 2.48. The molecule has 4 atom stereocenters. The van der Waals surface area contributed by atoms with Gasteiger partial charge in [0.1, 0.15) is 49.3 Å². The minimum atomic E-state index is -3.22. The first-order valence-electron chi connectivity index (χ1n) is 29.9. The van der Waals surface area contributed by atoms with Gasteiger partial charge in [-0.1, -0.05) is 135 Å². The van der Waals surface area contributed by atoms with Gasteiger partial charge in [-0.3, -0.25) is 14.4 Å². The lowest BCUT2D eigenvalue weighted by Crippen LogP contribution is -2.68. The number of alkyl halides is 1. The number of hydrogen-bond donors (Lipinski definition) is 0. The summed E-state index contributed by atoms with van der Waals surface area (Å²) in [6.45, 7) is 28.8. The second-order valence-electron chi connectivity index (χ2n) is 26.8. The smallest absolute Gasteiger partial charge is 0.411 e. The zero-order chi connectivity index (χ0) is 58.1. The molecule has 4 saturated heterocycles. The fourth-order valence-corrected chi connectivity index (χ4v) is 24.2. The van der Waals surface area contributed by atoms with Gasteiger partial charge in [-0.2, -0.15) is 15.0 Å². The number of amides is 1. The van der Waals surface area contributed by atoms with Crippen molar-refractivity contribution in [3.05, 3.63) is 96.3 Å². The van der Waals surface area contributed by atoms with Crippen molar-refractivity contribution >= 4 is 60.6 Å². The van der Waals surface area contributed by atoms with Crippen LogP contribution in [-0.2, 0) is 9.47 Å². The second kappa shape index (κ2) is 22.2. The van der Waals surface area contributed by atoms with Crippen LogP contribution in [-0.4, -0.2) is 127 Å². The minimum Gasteiger partial charge on any atom is -0.534 e. The molecule has 2 bridgehead atoms. The summed E-state index contributed by atoms with van der Waals surface area (Å²) in [6.07, 6.45) is 3.56. The van der Waals surface area contributed by atoms with E-state index in [4.69, 9.17) is 38.3 Å². The molecule has 1 aliphatic carbocycles. The summed E-state index contributed by atoms with van der Waals surface area (Å²) in [7, 11) is -5.59. The lowest BCUT2D eigenvalue weighted by Gasteiger charge is -2.49. The normalized spacial score (nSPS) is 21.7. The molecule has 0 spiro atoms. The quantitative estimate of drug-likeness (QED) is 0.0766. The fraction of sp³-hybridized carbons (Fsp3) is 0.538. The van der Waals surface area contributed by atoms with Gasteiger partial charge in [0.2, 0.25) is 0 Å². The van der Waals surface area contributed by atoms with Gasteiger partial charge >= 0.3 is 26.4 Å². The second-order valence-corrected chi connectivity index (χ2v) is 36.6. The first kappa shape index (κ1) is 57.7. The topological polar surface area (TPSA) is 117 Å². The van der Waals surface area contributed by atoms with E-state index >= 15 is 8.78 Å². The van der Waals surface area contributed by atoms with Crippen molar-refractivity contribution in [3.8, 4) is 35.0 Å². The largest absolute Gasteiger partial charge is 0.534 e. The van der Waals surface area contributed by atoms with Gasteiger partial charge in [-0.05, 0) is 109 Å². The van der Waals surface area contributed by atoms with Gasteiger partial charge in [0.15, 0.2) is 11.5 Å². The van der Waals surface area contributed by atoms with Crippen LogP contribution in [0.2, 0.25) is 21.7 Å². The van der Waals surface area contributed by atoms with Crippen molar-refractivity contribution < 1.29 is 36.9 Å². The van der Waals surface area contributed by atoms with Crippen LogP contribution < -0.4 is 29.2 Å². The number of imidazole rings is 1. The molecule has 17 heteroatoms. The van der Waals surface area contributed by atoms with E-state index in [2.05, 4.69) is 137 Å². The first-order valence-corrected chi connectivity index (χ1v) is 34.1. The standard InChI is InChI=1S/C65H83F2N7O6Si2/c1-42(2)81(43(3)4,44(5)6)32-29-53-54(67)28-27-45-33-50(80-82(64(10,11)12,51-23-15-13-16-24-51)52-25-17-14-18-26-52)34-55(56(45)53)78-61-69-58-57(74(61)47-21-19-22-47)59(70-60(68-58)77-41-65-30-20-31-72(65)36-46(66)35-65)71-37-48-39-76-40-49(38-71)73(48)62(75)79-63(7,8)9/h13-18,23-28,33-34,42-44,46-49H,19-22,30-31,35-41H2,1-12H3/t46-,48?,49?,65+/m1/s1. The molecule has 2 aromatic heterocycles. The van der Waals surface area contributed by atoms with Crippen LogP contribution in [0, 0.1) is 17.3 Å². The molecule has 13 nitrogen and oxygen atoms in total. The maximum atomic E-state index is 17.2. The highest BCUT2D eigenvalue weighted by atomic mass is 28.4. The third-order valence-electron chi connectivity index (χ3n) is 18.5. The molecule has 1 saturated carbocycles. The van der Waals surface area contributed by atoms with Gasteiger partial charge < -0.3 is 28.3 Å². The van der Waals surface area contributed by atoms with Crippen LogP contribution in [0.5, 0.6) is 23.5 Å². The number of fused-ring (bicyclic) bond motifs is 5. The third kappa shape index (κ3) is 10.5. The molecule has 5 fully saturated rings. The number of rotatable bonds is 14. The summed E-state index contributed by atoms with van der Waals surface area (Å²) in [5, 5.41) is 3.08. The molecular weight excluding hydrogens is 1070 g/mol. The van der Waals surface area contributed by atoms with Gasteiger partial charge in [-0.15, -0.1) is 5.54 Å². The van der Waals surface area contributed by atoms with Gasteiger partial charge in [0.05, 0.1) is 36.4 Å². The number of hydrogen-bond acceptors (Lipinski definition) is 11. The zero-order valence-electron chi connectivity index (χ0n) is 50.2. The molecule has 436 valence electrons. The number of carbonyl (C=O) groups excluding carboxylic acids is 1. The summed E-state index contributed by atoms with van der Waals surface area (Å²) in [5.74, 6) is 4.61. The summed E-state index contributed by atoms with van der Waals surface area (Å²) in [6, 6.07) is 28.0. The Bertz CT molecular complexity index is 3310. The van der Waals surface area contributed by atoms with E-state index in [-0.39, 0.29) is 53.4 Å². The van der Waals surface area contributed by atoms with Crippen LogP contribution in [0.4, 0.5) is 19.4 Å². The molecule has 82 heavy (non-hydrogen) atoms.